The second kappa shape index (κ2) is 11.4. The molecule has 0 heterocycles. The largest absolute Gasteiger partial charge is 0.497 e. The molecule has 31 heavy (non-hydrogen) atoms. The molecular weight excluding hydrogens is 392 g/mol. The molecule has 6 heteroatoms. The van der Waals surface area contributed by atoms with Crippen LogP contribution in [0.25, 0.3) is 0 Å². The van der Waals surface area contributed by atoms with Gasteiger partial charge < -0.3 is 19.7 Å². The van der Waals surface area contributed by atoms with Crippen molar-refractivity contribution in [2.45, 2.75) is 59.7 Å². The van der Waals surface area contributed by atoms with Crippen LogP contribution in [0.5, 0.6) is 11.5 Å². The molecule has 0 aromatic heterocycles. The number of amides is 2. The van der Waals surface area contributed by atoms with E-state index in [2.05, 4.69) is 5.32 Å². The number of nitrogens with one attached hydrogen (secondary N) is 1. The maximum Gasteiger partial charge on any atom is 0.261 e. The Hall–Kier alpha value is -3.02. The van der Waals surface area contributed by atoms with E-state index in [9.17, 15) is 9.59 Å². The molecule has 0 unspecified atom stereocenters. The second-order valence-corrected chi connectivity index (χ2v) is 7.92. The number of rotatable bonds is 10. The fourth-order valence-electron chi connectivity index (χ4n) is 3.20. The van der Waals surface area contributed by atoms with Crippen molar-refractivity contribution in [3.63, 3.8) is 0 Å². The van der Waals surface area contributed by atoms with Crippen molar-refractivity contribution < 1.29 is 19.1 Å². The lowest BCUT2D eigenvalue weighted by Crippen LogP contribution is -2.50. The van der Waals surface area contributed by atoms with Gasteiger partial charge in [0, 0.05) is 12.6 Å². The number of hydrogen-bond acceptors (Lipinski definition) is 4. The SMILES string of the molecule is CC[C@H](C)NC(=O)[C@H](C)N(Cc1cccc(OC)c1)C(=O)COc1ccc(C)cc1C. The van der Waals surface area contributed by atoms with Crippen LogP contribution in [0.1, 0.15) is 43.9 Å². The van der Waals surface area contributed by atoms with Crippen molar-refractivity contribution in [3.8, 4) is 11.5 Å². The van der Waals surface area contributed by atoms with E-state index in [0.717, 1.165) is 23.1 Å². The Morgan fingerprint density at radius 3 is 2.48 bits per heavy atom. The van der Waals surface area contributed by atoms with E-state index in [4.69, 9.17) is 9.47 Å². The van der Waals surface area contributed by atoms with Gasteiger partial charge in [0.25, 0.3) is 5.91 Å². The van der Waals surface area contributed by atoms with Gasteiger partial charge in [0.15, 0.2) is 6.61 Å². The van der Waals surface area contributed by atoms with E-state index < -0.39 is 6.04 Å². The molecule has 1 N–H and O–H groups in total. The highest BCUT2D eigenvalue weighted by molar-refractivity contribution is 5.88. The molecule has 0 fully saturated rings. The van der Waals surface area contributed by atoms with E-state index in [0.29, 0.717) is 11.5 Å². The first kappa shape index (κ1) is 24.3. The van der Waals surface area contributed by atoms with E-state index in [-0.39, 0.29) is 31.0 Å². The molecule has 0 aliphatic rings. The minimum absolute atomic E-state index is 0.0372. The topological polar surface area (TPSA) is 67.9 Å². The Morgan fingerprint density at radius 1 is 1.10 bits per heavy atom. The van der Waals surface area contributed by atoms with Gasteiger partial charge in [-0.2, -0.15) is 0 Å². The van der Waals surface area contributed by atoms with Gasteiger partial charge in [-0.3, -0.25) is 9.59 Å². The van der Waals surface area contributed by atoms with Crippen molar-refractivity contribution in [2.75, 3.05) is 13.7 Å². The number of carbonyl (C=O) groups is 2. The molecular formula is C25H34N2O4. The van der Waals surface area contributed by atoms with Crippen molar-refractivity contribution in [2.24, 2.45) is 0 Å². The standard InChI is InChI=1S/C25H34N2O4/c1-7-19(4)26-25(29)20(5)27(15-21-9-8-10-22(14-21)30-6)24(28)16-31-23-12-11-17(2)13-18(23)3/h8-14,19-20H,7,15-16H2,1-6H3,(H,26,29)/t19-,20-/m0/s1. The highest BCUT2D eigenvalue weighted by atomic mass is 16.5. The maximum atomic E-state index is 13.1. The summed E-state index contributed by atoms with van der Waals surface area (Å²) in [4.78, 5) is 27.5. The molecule has 0 spiro atoms. The molecule has 2 rings (SSSR count). The van der Waals surface area contributed by atoms with Crippen LogP contribution in [-0.4, -0.2) is 42.5 Å². The van der Waals surface area contributed by atoms with E-state index >= 15 is 0 Å². The average Bonchev–Trinajstić information content (AvgIpc) is 2.76. The summed E-state index contributed by atoms with van der Waals surface area (Å²) in [5.74, 6) is 0.928. The smallest absolute Gasteiger partial charge is 0.261 e. The molecule has 2 amide bonds. The van der Waals surface area contributed by atoms with Gasteiger partial charge in [0.05, 0.1) is 7.11 Å². The molecule has 0 radical (unpaired) electrons. The van der Waals surface area contributed by atoms with Gasteiger partial charge in [-0.05, 0) is 63.4 Å². The summed E-state index contributed by atoms with van der Waals surface area (Å²) in [6.45, 7) is 9.79. The van der Waals surface area contributed by atoms with Crippen LogP contribution in [0, 0.1) is 13.8 Å². The molecule has 0 saturated heterocycles. The minimum atomic E-state index is -0.643. The van der Waals surface area contributed by atoms with Gasteiger partial charge in [0.2, 0.25) is 5.91 Å². The predicted octanol–water partition coefficient (Wildman–Crippen LogP) is 4.02. The monoisotopic (exact) mass is 426 g/mol. The molecule has 2 atom stereocenters. The van der Waals surface area contributed by atoms with Crippen LogP contribution in [-0.2, 0) is 16.1 Å². The zero-order valence-electron chi connectivity index (χ0n) is 19.4. The lowest BCUT2D eigenvalue weighted by molar-refractivity contribution is -0.142. The molecule has 0 aliphatic heterocycles. The number of benzene rings is 2. The third-order valence-electron chi connectivity index (χ3n) is 5.34. The Morgan fingerprint density at radius 2 is 1.84 bits per heavy atom. The van der Waals surface area contributed by atoms with Gasteiger partial charge >= 0.3 is 0 Å². The Balaban J connectivity index is 2.20. The predicted molar refractivity (Wildman–Crippen MR) is 122 cm³/mol. The molecule has 2 aromatic carbocycles. The van der Waals surface area contributed by atoms with Crippen LogP contribution in [0.4, 0.5) is 0 Å². The minimum Gasteiger partial charge on any atom is -0.497 e. The van der Waals surface area contributed by atoms with Crippen LogP contribution in [0.15, 0.2) is 42.5 Å². The van der Waals surface area contributed by atoms with Gasteiger partial charge in [-0.25, -0.2) is 0 Å². The fraction of sp³-hybridized carbons (Fsp3) is 0.440. The fourth-order valence-corrected chi connectivity index (χ4v) is 3.20. The molecule has 2 aromatic rings. The Labute approximate surface area is 185 Å². The molecule has 0 bridgehead atoms. The number of ether oxygens (including phenoxy) is 2. The summed E-state index contributed by atoms with van der Waals surface area (Å²) >= 11 is 0. The number of carbonyl (C=O) groups excluding carboxylic acids is 2. The van der Waals surface area contributed by atoms with E-state index in [1.165, 1.54) is 0 Å². The normalized spacial score (nSPS) is 12.6. The van der Waals surface area contributed by atoms with Crippen molar-refractivity contribution in [1.82, 2.24) is 10.2 Å². The zero-order valence-corrected chi connectivity index (χ0v) is 19.4. The van der Waals surface area contributed by atoms with E-state index in [1.54, 1.807) is 18.9 Å². The van der Waals surface area contributed by atoms with Crippen LogP contribution in [0.2, 0.25) is 0 Å². The first-order valence-corrected chi connectivity index (χ1v) is 10.7. The average molecular weight is 427 g/mol. The van der Waals surface area contributed by atoms with Gasteiger partial charge in [-0.1, -0.05) is 36.8 Å². The first-order chi connectivity index (χ1) is 14.7. The van der Waals surface area contributed by atoms with Crippen molar-refractivity contribution in [3.05, 3.63) is 59.2 Å². The Bertz CT molecular complexity index is 897. The molecule has 0 saturated carbocycles. The molecule has 168 valence electrons. The highest BCUT2D eigenvalue weighted by Gasteiger charge is 2.27. The number of aryl methyl sites for hydroxylation is 2. The maximum absolute atomic E-state index is 13.1. The molecule has 6 nitrogen and oxygen atoms in total. The van der Waals surface area contributed by atoms with E-state index in [1.807, 2.05) is 70.2 Å². The summed E-state index contributed by atoms with van der Waals surface area (Å²) in [5.41, 5.74) is 2.98. The van der Waals surface area contributed by atoms with Crippen molar-refractivity contribution >= 4 is 11.8 Å². The highest BCUT2D eigenvalue weighted by Crippen LogP contribution is 2.20. The third-order valence-corrected chi connectivity index (χ3v) is 5.34. The second-order valence-electron chi connectivity index (χ2n) is 7.92. The Kier molecular flexibility index (Phi) is 8.91. The van der Waals surface area contributed by atoms with Crippen LogP contribution < -0.4 is 14.8 Å². The quantitative estimate of drug-likeness (QED) is 0.623. The summed E-state index contributed by atoms with van der Waals surface area (Å²) in [5, 5.41) is 2.96. The lowest BCUT2D eigenvalue weighted by Gasteiger charge is -2.29. The van der Waals surface area contributed by atoms with Crippen molar-refractivity contribution in [1.29, 1.82) is 0 Å². The van der Waals surface area contributed by atoms with Crippen LogP contribution in [0.3, 0.4) is 0 Å². The van der Waals surface area contributed by atoms with Gasteiger partial charge in [-0.15, -0.1) is 0 Å². The number of nitrogens with zero attached hydrogens (tertiary/aromatic N) is 1. The number of hydrogen-bond donors (Lipinski definition) is 1. The summed E-state index contributed by atoms with van der Waals surface area (Å²) < 4.78 is 11.1. The summed E-state index contributed by atoms with van der Waals surface area (Å²) in [6.07, 6.45) is 0.818. The first-order valence-electron chi connectivity index (χ1n) is 10.7. The number of methoxy groups -OCH3 is 1. The summed E-state index contributed by atoms with van der Waals surface area (Å²) in [6, 6.07) is 12.7. The lowest BCUT2D eigenvalue weighted by atomic mass is 10.1. The molecule has 0 aliphatic carbocycles. The van der Waals surface area contributed by atoms with Gasteiger partial charge in [0.1, 0.15) is 17.5 Å². The van der Waals surface area contributed by atoms with Crippen LogP contribution >= 0.6 is 0 Å². The third kappa shape index (κ3) is 7.02. The zero-order chi connectivity index (χ0) is 23.0. The summed E-state index contributed by atoms with van der Waals surface area (Å²) in [7, 11) is 1.60.